The maximum atomic E-state index is 12.3. The van der Waals surface area contributed by atoms with Crippen LogP contribution in [0, 0.1) is 0 Å². The van der Waals surface area contributed by atoms with Gasteiger partial charge in [-0.2, -0.15) is 0 Å². The van der Waals surface area contributed by atoms with Gasteiger partial charge < -0.3 is 10.1 Å². The zero-order valence-electron chi connectivity index (χ0n) is 15.4. The van der Waals surface area contributed by atoms with Crippen LogP contribution < -0.4 is 10.1 Å². The van der Waals surface area contributed by atoms with Gasteiger partial charge in [0.15, 0.2) is 0 Å². The van der Waals surface area contributed by atoms with Crippen molar-refractivity contribution in [1.29, 1.82) is 0 Å². The van der Waals surface area contributed by atoms with Gasteiger partial charge in [-0.3, -0.25) is 9.69 Å². The first-order valence-corrected chi connectivity index (χ1v) is 10.3. The molecular weight excluding hydrogens is 344 g/mol. The summed E-state index contributed by atoms with van der Waals surface area (Å²) in [6.07, 6.45) is 4.90. The summed E-state index contributed by atoms with van der Waals surface area (Å²) < 4.78 is 5.56. The van der Waals surface area contributed by atoms with E-state index in [1.165, 1.54) is 17.7 Å². The summed E-state index contributed by atoms with van der Waals surface area (Å²) in [5, 5.41) is 5.24. The number of thiophene rings is 1. The second kappa shape index (κ2) is 9.74. The van der Waals surface area contributed by atoms with Crippen molar-refractivity contribution < 1.29 is 9.53 Å². The fourth-order valence-corrected chi connectivity index (χ4v) is 4.36. The summed E-state index contributed by atoms with van der Waals surface area (Å²) in [4.78, 5) is 16.1. The number of hydrogen-bond acceptors (Lipinski definition) is 4. The Morgan fingerprint density at radius 2 is 2.04 bits per heavy atom. The van der Waals surface area contributed by atoms with E-state index in [0.29, 0.717) is 13.0 Å². The van der Waals surface area contributed by atoms with Crippen LogP contribution in [0.15, 0.2) is 41.8 Å². The van der Waals surface area contributed by atoms with E-state index < -0.39 is 0 Å². The Kier molecular flexibility index (Phi) is 7.09. The third-order valence-electron chi connectivity index (χ3n) is 4.98. The summed E-state index contributed by atoms with van der Waals surface area (Å²) in [5.74, 6) is 1.04. The van der Waals surface area contributed by atoms with Gasteiger partial charge in [0.1, 0.15) is 5.75 Å². The number of nitrogens with one attached hydrogen (secondary N) is 1. The quantitative estimate of drug-likeness (QED) is 0.722. The van der Waals surface area contributed by atoms with Crippen molar-refractivity contribution in [2.75, 3.05) is 26.7 Å². The summed E-state index contributed by atoms with van der Waals surface area (Å²) >= 11 is 1.76. The van der Waals surface area contributed by atoms with E-state index in [2.05, 4.69) is 33.8 Å². The van der Waals surface area contributed by atoms with E-state index in [0.717, 1.165) is 37.2 Å². The van der Waals surface area contributed by atoms with Crippen molar-refractivity contribution in [2.45, 2.75) is 38.1 Å². The number of nitrogens with zero attached hydrogens (tertiary/aromatic N) is 1. The Morgan fingerprint density at radius 3 is 2.77 bits per heavy atom. The fraction of sp³-hybridized carbons (Fsp3) is 0.476. The fourth-order valence-electron chi connectivity index (χ4n) is 3.61. The van der Waals surface area contributed by atoms with Crippen LogP contribution in [-0.2, 0) is 11.2 Å². The summed E-state index contributed by atoms with van der Waals surface area (Å²) in [6, 6.07) is 12.5. The molecule has 140 valence electrons. The van der Waals surface area contributed by atoms with Crippen molar-refractivity contribution in [2.24, 2.45) is 0 Å². The van der Waals surface area contributed by atoms with Crippen molar-refractivity contribution in [3.05, 3.63) is 52.2 Å². The lowest BCUT2D eigenvalue weighted by Crippen LogP contribution is -2.37. The Bertz CT molecular complexity index is 681. The number of hydrogen-bond donors (Lipinski definition) is 1. The number of methoxy groups -OCH3 is 1. The molecule has 1 aromatic carbocycles. The minimum absolute atomic E-state index is 0.139. The monoisotopic (exact) mass is 372 g/mol. The molecule has 1 saturated heterocycles. The van der Waals surface area contributed by atoms with Crippen LogP contribution in [0.2, 0.25) is 0 Å². The number of likely N-dealkylation sites (tertiary alicyclic amines) is 1. The number of carbonyl (C=O) groups excluding carboxylic acids is 1. The van der Waals surface area contributed by atoms with E-state index in [4.69, 9.17) is 4.74 Å². The topological polar surface area (TPSA) is 41.6 Å². The maximum Gasteiger partial charge on any atom is 0.220 e. The lowest BCUT2D eigenvalue weighted by molar-refractivity contribution is -0.121. The average molecular weight is 373 g/mol. The highest BCUT2D eigenvalue weighted by molar-refractivity contribution is 7.09. The highest BCUT2D eigenvalue weighted by Gasteiger charge is 2.26. The molecule has 1 N–H and O–H groups in total. The number of benzene rings is 1. The standard InChI is InChI=1S/C21H28N2O2S/c1-25-20-11-3-2-10-18(20)19(23-13-4-5-14-23)16-22-21(24)12-6-8-17-9-7-15-26-17/h2-3,7,9-11,15,19H,4-6,8,12-14,16H2,1H3,(H,22,24). The van der Waals surface area contributed by atoms with Gasteiger partial charge in [0.2, 0.25) is 5.91 Å². The van der Waals surface area contributed by atoms with Gasteiger partial charge in [0.05, 0.1) is 13.2 Å². The number of para-hydroxylation sites is 1. The third-order valence-corrected chi connectivity index (χ3v) is 5.92. The van der Waals surface area contributed by atoms with Crippen LogP contribution in [0.5, 0.6) is 5.75 Å². The molecule has 3 rings (SSSR count). The Hall–Kier alpha value is -1.85. The van der Waals surface area contributed by atoms with Crippen LogP contribution >= 0.6 is 11.3 Å². The molecule has 4 nitrogen and oxygen atoms in total. The highest BCUT2D eigenvalue weighted by Crippen LogP contribution is 2.31. The maximum absolute atomic E-state index is 12.3. The second-order valence-electron chi connectivity index (χ2n) is 6.74. The van der Waals surface area contributed by atoms with E-state index in [-0.39, 0.29) is 11.9 Å². The van der Waals surface area contributed by atoms with Gasteiger partial charge in [0, 0.05) is 23.4 Å². The number of carbonyl (C=O) groups is 1. The number of rotatable bonds is 9. The number of amides is 1. The molecule has 0 radical (unpaired) electrons. The molecule has 0 aliphatic carbocycles. The molecule has 1 aromatic heterocycles. The summed E-state index contributed by atoms with van der Waals surface area (Å²) in [6.45, 7) is 2.80. The molecule has 0 bridgehead atoms. The van der Waals surface area contributed by atoms with Gasteiger partial charge in [-0.15, -0.1) is 11.3 Å². The molecule has 2 aromatic rings. The molecule has 5 heteroatoms. The lowest BCUT2D eigenvalue weighted by Gasteiger charge is -2.29. The van der Waals surface area contributed by atoms with E-state index in [1.807, 2.05) is 18.2 Å². The zero-order valence-corrected chi connectivity index (χ0v) is 16.3. The minimum Gasteiger partial charge on any atom is -0.496 e. The van der Waals surface area contributed by atoms with Crippen LogP contribution in [0.25, 0.3) is 0 Å². The smallest absolute Gasteiger partial charge is 0.220 e. The summed E-state index contributed by atoms with van der Waals surface area (Å²) in [7, 11) is 1.71. The van der Waals surface area contributed by atoms with Crippen molar-refractivity contribution in [1.82, 2.24) is 10.2 Å². The molecular formula is C21H28N2O2S. The molecule has 1 amide bonds. The molecule has 26 heavy (non-hydrogen) atoms. The van der Waals surface area contributed by atoms with Crippen LogP contribution in [0.3, 0.4) is 0 Å². The summed E-state index contributed by atoms with van der Waals surface area (Å²) in [5.41, 5.74) is 1.16. The average Bonchev–Trinajstić information content (AvgIpc) is 3.36. The van der Waals surface area contributed by atoms with E-state index >= 15 is 0 Å². The Morgan fingerprint density at radius 1 is 1.23 bits per heavy atom. The first-order valence-electron chi connectivity index (χ1n) is 9.44. The highest BCUT2D eigenvalue weighted by atomic mass is 32.1. The number of aryl methyl sites for hydroxylation is 1. The molecule has 0 saturated carbocycles. The second-order valence-corrected chi connectivity index (χ2v) is 7.77. The van der Waals surface area contributed by atoms with E-state index in [1.54, 1.807) is 18.4 Å². The van der Waals surface area contributed by atoms with Gasteiger partial charge >= 0.3 is 0 Å². The largest absolute Gasteiger partial charge is 0.496 e. The predicted octanol–water partition coefficient (Wildman–Crippen LogP) is 4.03. The normalized spacial score (nSPS) is 15.7. The van der Waals surface area contributed by atoms with Crippen molar-refractivity contribution >= 4 is 17.2 Å². The van der Waals surface area contributed by atoms with E-state index in [9.17, 15) is 4.79 Å². The Labute approximate surface area is 160 Å². The lowest BCUT2D eigenvalue weighted by atomic mass is 10.0. The van der Waals surface area contributed by atoms with Crippen LogP contribution in [0.4, 0.5) is 0 Å². The molecule has 1 aliphatic heterocycles. The van der Waals surface area contributed by atoms with Crippen LogP contribution in [0.1, 0.15) is 42.2 Å². The van der Waals surface area contributed by atoms with Crippen molar-refractivity contribution in [3.63, 3.8) is 0 Å². The third kappa shape index (κ3) is 5.08. The van der Waals surface area contributed by atoms with Gasteiger partial charge in [-0.25, -0.2) is 0 Å². The van der Waals surface area contributed by atoms with Gasteiger partial charge in [0.25, 0.3) is 0 Å². The molecule has 1 aliphatic rings. The zero-order chi connectivity index (χ0) is 18.2. The van der Waals surface area contributed by atoms with Crippen molar-refractivity contribution in [3.8, 4) is 5.75 Å². The minimum atomic E-state index is 0.139. The predicted molar refractivity (Wildman–Crippen MR) is 107 cm³/mol. The van der Waals surface area contributed by atoms with Gasteiger partial charge in [-0.1, -0.05) is 24.3 Å². The molecule has 0 spiro atoms. The number of ether oxygens (including phenoxy) is 1. The van der Waals surface area contributed by atoms with Crippen LogP contribution in [-0.4, -0.2) is 37.6 Å². The Balaban J connectivity index is 1.56. The first-order chi connectivity index (χ1) is 12.8. The SMILES string of the molecule is COc1ccccc1C(CNC(=O)CCCc1cccs1)N1CCCC1. The van der Waals surface area contributed by atoms with Gasteiger partial charge in [-0.05, 0) is 56.3 Å². The molecule has 1 fully saturated rings. The first kappa shape index (κ1) is 18.9. The molecule has 1 atom stereocenters. The molecule has 2 heterocycles. The molecule has 1 unspecified atom stereocenters.